The highest BCUT2D eigenvalue weighted by atomic mass is 19.1. The second-order valence-electron chi connectivity index (χ2n) is 5.39. The number of rotatable bonds is 6. The van der Waals surface area contributed by atoms with Gasteiger partial charge < -0.3 is 10.6 Å². The summed E-state index contributed by atoms with van der Waals surface area (Å²) in [7, 11) is 0. The number of halogens is 1. The molecule has 1 unspecified atom stereocenters. The first-order chi connectivity index (χ1) is 9.11. The van der Waals surface area contributed by atoms with E-state index in [2.05, 4.69) is 0 Å². The van der Waals surface area contributed by atoms with Crippen LogP contribution in [0.5, 0.6) is 0 Å². The van der Waals surface area contributed by atoms with Gasteiger partial charge in [0.1, 0.15) is 5.82 Å². The lowest BCUT2D eigenvalue weighted by molar-refractivity contribution is -0.133. The molecule has 0 bridgehead atoms. The Morgan fingerprint density at radius 1 is 1.47 bits per heavy atom. The summed E-state index contributed by atoms with van der Waals surface area (Å²) in [6.07, 6.45) is 2.50. The Labute approximate surface area is 113 Å². The smallest absolute Gasteiger partial charge is 0.223 e. The maximum absolute atomic E-state index is 13.7. The summed E-state index contributed by atoms with van der Waals surface area (Å²) in [5, 5.41) is 0. The van der Waals surface area contributed by atoms with Crippen molar-refractivity contribution in [2.24, 2.45) is 11.7 Å². The van der Waals surface area contributed by atoms with Crippen molar-refractivity contribution in [1.82, 2.24) is 4.90 Å². The molecule has 0 radical (unpaired) electrons. The lowest BCUT2D eigenvalue weighted by Gasteiger charge is -2.24. The maximum Gasteiger partial charge on any atom is 0.223 e. The minimum absolute atomic E-state index is 0.0868. The van der Waals surface area contributed by atoms with Gasteiger partial charge in [0.15, 0.2) is 0 Å². The quantitative estimate of drug-likeness (QED) is 0.857. The van der Waals surface area contributed by atoms with Crippen LogP contribution in [-0.2, 0) is 11.3 Å². The molecule has 104 valence electrons. The van der Waals surface area contributed by atoms with Crippen molar-refractivity contribution >= 4 is 5.91 Å². The van der Waals surface area contributed by atoms with Crippen molar-refractivity contribution in [2.45, 2.75) is 38.8 Å². The van der Waals surface area contributed by atoms with Crippen molar-refractivity contribution in [1.29, 1.82) is 0 Å². The molecule has 0 saturated heterocycles. The average molecular weight is 264 g/mol. The Kier molecular flexibility index (Phi) is 4.53. The van der Waals surface area contributed by atoms with E-state index in [4.69, 9.17) is 5.73 Å². The summed E-state index contributed by atoms with van der Waals surface area (Å²) in [5.41, 5.74) is 6.14. The Balaban J connectivity index is 2.04. The van der Waals surface area contributed by atoms with E-state index >= 15 is 0 Å². The highest BCUT2D eigenvalue weighted by Crippen LogP contribution is 2.29. The van der Waals surface area contributed by atoms with Gasteiger partial charge in [-0.2, -0.15) is 0 Å². The Morgan fingerprint density at radius 3 is 2.74 bits per heavy atom. The zero-order chi connectivity index (χ0) is 13.8. The van der Waals surface area contributed by atoms with Crippen LogP contribution < -0.4 is 5.73 Å². The van der Waals surface area contributed by atoms with Gasteiger partial charge in [-0.05, 0) is 31.4 Å². The largest absolute Gasteiger partial charge is 0.335 e. The zero-order valence-corrected chi connectivity index (χ0v) is 11.3. The molecular weight excluding hydrogens is 243 g/mol. The van der Waals surface area contributed by atoms with Gasteiger partial charge in [0.05, 0.1) is 0 Å². The molecular formula is C15H21FN2O. The van der Waals surface area contributed by atoms with Crippen molar-refractivity contribution in [3.63, 3.8) is 0 Å². The fourth-order valence-corrected chi connectivity index (χ4v) is 2.12. The van der Waals surface area contributed by atoms with Gasteiger partial charge in [-0.1, -0.05) is 25.1 Å². The summed E-state index contributed by atoms with van der Waals surface area (Å²) >= 11 is 0. The average Bonchev–Trinajstić information content (AvgIpc) is 3.21. The molecule has 3 nitrogen and oxygen atoms in total. The predicted molar refractivity (Wildman–Crippen MR) is 72.8 cm³/mol. The van der Waals surface area contributed by atoms with Crippen molar-refractivity contribution in [3.05, 3.63) is 35.6 Å². The number of benzene rings is 1. The molecule has 1 amide bonds. The molecule has 0 heterocycles. The van der Waals surface area contributed by atoms with E-state index in [9.17, 15) is 9.18 Å². The van der Waals surface area contributed by atoms with E-state index in [0.29, 0.717) is 25.1 Å². The normalized spacial score (nSPS) is 16.2. The standard InChI is InChI=1S/C15H21FN2O/c1-11(9-17)8-15(19)18(13-6-7-13)10-12-4-2-3-5-14(12)16/h2-5,11,13H,6-10,17H2,1H3. The van der Waals surface area contributed by atoms with Gasteiger partial charge in [0, 0.05) is 24.6 Å². The number of nitrogens with zero attached hydrogens (tertiary/aromatic N) is 1. The lowest BCUT2D eigenvalue weighted by atomic mass is 10.1. The Hall–Kier alpha value is -1.42. The molecule has 2 N–H and O–H groups in total. The van der Waals surface area contributed by atoms with E-state index in [0.717, 1.165) is 12.8 Å². The van der Waals surface area contributed by atoms with Gasteiger partial charge in [0.25, 0.3) is 0 Å². The van der Waals surface area contributed by atoms with E-state index in [1.807, 2.05) is 11.8 Å². The third-order valence-electron chi connectivity index (χ3n) is 3.53. The Morgan fingerprint density at radius 2 is 2.16 bits per heavy atom. The molecule has 0 spiro atoms. The lowest BCUT2D eigenvalue weighted by Crippen LogP contribution is -2.34. The van der Waals surface area contributed by atoms with Crippen LogP contribution in [0.2, 0.25) is 0 Å². The van der Waals surface area contributed by atoms with Crippen LogP contribution in [-0.4, -0.2) is 23.4 Å². The molecule has 1 aliphatic carbocycles. The van der Waals surface area contributed by atoms with Crippen LogP contribution in [0.25, 0.3) is 0 Å². The molecule has 0 aromatic heterocycles. The fraction of sp³-hybridized carbons (Fsp3) is 0.533. The van der Waals surface area contributed by atoms with Crippen LogP contribution >= 0.6 is 0 Å². The van der Waals surface area contributed by atoms with E-state index in [1.54, 1.807) is 18.2 Å². The maximum atomic E-state index is 13.7. The number of nitrogens with two attached hydrogens (primary N) is 1. The van der Waals surface area contributed by atoms with E-state index in [-0.39, 0.29) is 23.7 Å². The van der Waals surface area contributed by atoms with Gasteiger partial charge in [-0.15, -0.1) is 0 Å². The van der Waals surface area contributed by atoms with Gasteiger partial charge in [-0.3, -0.25) is 4.79 Å². The van der Waals surface area contributed by atoms with Crippen molar-refractivity contribution in [2.75, 3.05) is 6.54 Å². The Bertz CT molecular complexity index is 446. The van der Waals surface area contributed by atoms with Gasteiger partial charge >= 0.3 is 0 Å². The number of amides is 1. The third-order valence-corrected chi connectivity index (χ3v) is 3.53. The number of hydrogen-bond acceptors (Lipinski definition) is 2. The minimum atomic E-state index is -0.243. The molecule has 1 atom stereocenters. The highest BCUT2D eigenvalue weighted by molar-refractivity contribution is 5.77. The van der Waals surface area contributed by atoms with Crippen LogP contribution in [0.4, 0.5) is 4.39 Å². The first-order valence-electron chi connectivity index (χ1n) is 6.84. The second kappa shape index (κ2) is 6.15. The molecule has 1 aliphatic rings. The van der Waals surface area contributed by atoms with Gasteiger partial charge in [0.2, 0.25) is 5.91 Å². The minimum Gasteiger partial charge on any atom is -0.335 e. The summed E-state index contributed by atoms with van der Waals surface area (Å²) in [6.45, 7) is 2.84. The molecule has 1 aromatic rings. The molecule has 1 saturated carbocycles. The molecule has 1 fully saturated rings. The fourth-order valence-electron chi connectivity index (χ4n) is 2.12. The van der Waals surface area contributed by atoms with Crippen LogP contribution in [0.3, 0.4) is 0 Å². The molecule has 2 rings (SSSR count). The first-order valence-corrected chi connectivity index (χ1v) is 6.84. The molecule has 19 heavy (non-hydrogen) atoms. The van der Waals surface area contributed by atoms with Gasteiger partial charge in [-0.25, -0.2) is 4.39 Å². The first kappa shape index (κ1) is 14.0. The molecule has 4 heteroatoms. The van der Waals surface area contributed by atoms with Crippen molar-refractivity contribution < 1.29 is 9.18 Å². The second-order valence-corrected chi connectivity index (χ2v) is 5.39. The topological polar surface area (TPSA) is 46.3 Å². The SMILES string of the molecule is CC(CN)CC(=O)N(Cc1ccccc1F)C1CC1. The number of carbonyl (C=O) groups is 1. The number of hydrogen-bond donors (Lipinski definition) is 1. The predicted octanol–water partition coefficient (Wildman–Crippen LogP) is 2.30. The van der Waals surface area contributed by atoms with Crippen LogP contribution in [0.15, 0.2) is 24.3 Å². The molecule has 1 aromatic carbocycles. The summed E-state index contributed by atoms with van der Waals surface area (Å²) in [4.78, 5) is 14.1. The zero-order valence-electron chi connectivity index (χ0n) is 11.3. The third kappa shape index (κ3) is 3.77. The molecule has 0 aliphatic heterocycles. The van der Waals surface area contributed by atoms with Crippen LogP contribution in [0.1, 0.15) is 31.7 Å². The summed E-state index contributed by atoms with van der Waals surface area (Å²) < 4.78 is 13.7. The van der Waals surface area contributed by atoms with Crippen LogP contribution in [0, 0.1) is 11.7 Å². The highest BCUT2D eigenvalue weighted by Gasteiger charge is 2.33. The van der Waals surface area contributed by atoms with E-state index in [1.165, 1.54) is 6.07 Å². The van der Waals surface area contributed by atoms with E-state index < -0.39 is 0 Å². The summed E-state index contributed by atoms with van der Waals surface area (Å²) in [6, 6.07) is 6.93. The number of carbonyl (C=O) groups excluding carboxylic acids is 1. The summed E-state index contributed by atoms with van der Waals surface area (Å²) in [5.74, 6) is 0.0193. The van der Waals surface area contributed by atoms with Crippen molar-refractivity contribution in [3.8, 4) is 0 Å². The monoisotopic (exact) mass is 264 g/mol.